The van der Waals surface area contributed by atoms with Gasteiger partial charge in [-0.1, -0.05) is 49.6 Å². The van der Waals surface area contributed by atoms with Crippen molar-refractivity contribution in [2.45, 2.75) is 27.9 Å². The summed E-state index contributed by atoms with van der Waals surface area (Å²) in [4.78, 5) is 11.8. The molecule has 0 saturated heterocycles. The van der Waals surface area contributed by atoms with Crippen molar-refractivity contribution in [3.8, 4) is 0 Å². The van der Waals surface area contributed by atoms with E-state index in [1.54, 1.807) is 19.1 Å². The molecule has 124 valence electrons. The molecule has 0 fully saturated rings. The zero-order valence-electron chi connectivity index (χ0n) is 12.0. The van der Waals surface area contributed by atoms with Crippen LogP contribution in [0, 0.1) is 6.92 Å². The maximum atomic E-state index is 12.5. The summed E-state index contributed by atoms with van der Waals surface area (Å²) in [5, 5.41) is 0. The van der Waals surface area contributed by atoms with Gasteiger partial charge in [0.15, 0.2) is 5.78 Å². The lowest BCUT2D eigenvalue weighted by Gasteiger charge is -2.32. The molecule has 0 amide bonds. The summed E-state index contributed by atoms with van der Waals surface area (Å²) >= 11 is 13.2. The lowest BCUT2D eigenvalue weighted by atomic mass is 9.93. The molecule has 0 spiro atoms. The largest absolute Gasteiger partial charge is 0.292 e. The van der Waals surface area contributed by atoms with Gasteiger partial charge in [0.25, 0.3) is 10.0 Å². The summed E-state index contributed by atoms with van der Waals surface area (Å²) < 4.78 is 28.6. The van der Waals surface area contributed by atoms with Gasteiger partial charge < -0.3 is 0 Å². The van der Waals surface area contributed by atoms with Gasteiger partial charge in [-0.05, 0) is 57.8 Å². The summed E-state index contributed by atoms with van der Waals surface area (Å²) in [6.07, 6.45) is 0. The monoisotopic (exact) mass is 589 g/mol. The van der Waals surface area contributed by atoms with Crippen LogP contribution in [0.5, 0.6) is 0 Å². The summed E-state index contributed by atoms with van der Waals surface area (Å²) in [6.45, 7) is 3.53. The first-order valence-corrected chi connectivity index (χ1v) is 11.1. The molecule has 0 aromatic heterocycles. The van der Waals surface area contributed by atoms with Crippen LogP contribution in [-0.2, 0) is 14.8 Å². The maximum absolute atomic E-state index is 12.5. The Bertz CT molecular complexity index is 826. The SMILES string of the molecule is Cc1ccc(S(=O)(=O)/N=C2/C(Br)=C(Br)C(=O)C(C)(Br)C2Br)cc1. The molecular weight excluding hydrogens is 582 g/mol. The molecule has 1 aromatic rings. The number of benzene rings is 1. The average Bonchev–Trinajstić information content (AvgIpc) is 2.49. The Balaban J connectivity index is 2.61. The molecule has 9 heteroatoms. The van der Waals surface area contributed by atoms with Crippen LogP contribution >= 0.6 is 63.7 Å². The van der Waals surface area contributed by atoms with E-state index in [1.807, 2.05) is 6.92 Å². The van der Waals surface area contributed by atoms with Crippen LogP contribution in [0.2, 0.25) is 0 Å². The van der Waals surface area contributed by atoms with Crippen LogP contribution in [0.3, 0.4) is 0 Å². The van der Waals surface area contributed by atoms with E-state index in [0.29, 0.717) is 4.48 Å². The third kappa shape index (κ3) is 3.73. The Hall–Kier alpha value is 0.170. The van der Waals surface area contributed by atoms with E-state index in [9.17, 15) is 13.2 Å². The van der Waals surface area contributed by atoms with Crippen molar-refractivity contribution in [2.75, 3.05) is 0 Å². The molecule has 0 saturated carbocycles. The van der Waals surface area contributed by atoms with Crippen LogP contribution in [0.4, 0.5) is 0 Å². The first-order chi connectivity index (χ1) is 10.5. The first kappa shape index (κ1) is 19.5. The summed E-state index contributed by atoms with van der Waals surface area (Å²) in [6, 6.07) is 6.43. The number of alkyl halides is 2. The van der Waals surface area contributed by atoms with Gasteiger partial charge in [0.2, 0.25) is 0 Å². The van der Waals surface area contributed by atoms with Crippen molar-refractivity contribution in [1.29, 1.82) is 0 Å². The van der Waals surface area contributed by atoms with E-state index in [4.69, 9.17) is 0 Å². The Morgan fingerprint density at radius 3 is 2.17 bits per heavy atom. The number of hydrogen-bond acceptors (Lipinski definition) is 3. The predicted molar refractivity (Wildman–Crippen MR) is 106 cm³/mol. The van der Waals surface area contributed by atoms with Crippen LogP contribution < -0.4 is 0 Å². The molecule has 2 unspecified atom stereocenters. The van der Waals surface area contributed by atoms with Gasteiger partial charge in [-0.3, -0.25) is 4.79 Å². The lowest BCUT2D eigenvalue weighted by molar-refractivity contribution is -0.116. The second-order valence-electron chi connectivity index (χ2n) is 5.16. The van der Waals surface area contributed by atoms with Gasteiger partial charge in [0.1, 0.15) is 4.32 Å². The van der Waals surface area contributed by atoms with Gasteiger partial charge >= 0.3 is 0 Å². The Morgan fingerprint density at radius 1 is 1.13 bits per heavy atom. The summed E-state index contributed by atoms with van der Waals surface area (Å²) in [5.41, 5.74) is 1.17. The number of carbonyl (C=O) groups excluding carboxylic acids is 1. The van der Waals surface area contributed by atoms with Crippen LogP contribution in [-0.4, -0.2) is 29.1 Å². The number of nitrogens with zero attached hydrogens (tertiary/aromatic N) is 1. The fourth-order valence-corrected chi connectivity index (χ4v) is 5.82. The maximum Gasteiger partial charge on any atom is 0.282 e. The number of sulfonamides is 1. The third-order valence-corrected chi connectivity index (χ3v) is 9.49. The van der Waals surface area contributed by atoms with Gasteiger partial charge in [-0.2, -0.15) is 12.8 Å². The molecule has 0 aliphatic heterocycles. The second-order valence-corrected chi connectivity index (χ2v) is 10.9. The lowest BCUT2D eigenvalue weighted by Crippen LogP contribution is -2.46. The number of halogens is 4. The number of rotatable bonds is 2. The molecular formula is C14H11Br4NO3S. The molecule has 0 radical (unpaired) electrons. The van der Waals surface area contributed by atoms with Crippen LogP contribution in [0.15, 0.2) is 42.5 Å². The Kier molecular flexibility index (Phi) is 5.78. The summed E-state index contributed by atoms with van der Waals surface area (Å²) in [7, 11) is -3.89. The highest BCUT2D eigenvalue weighted by Crippen LogP contribution is 2.43. The van der Waals surface area contributed by atoms with Crippen molar-refractivity contribution >= 4 is 85.2 Å². The van der Waals surface area contributed by atoms with E-state index in [1.165, 1.54) is 12.1 Å². The highest BCUT2D eigenvalue weighted by Gasteiger charge is 2.47. The van der Waals surface area contributed by atoms with E-state index in [0.717, 1.165) is 5.56 Å². The number of ketones is 1. The minimum absolute atomic E-state index is 0.0971. The fourth-order valence-electron chi connectivity index (χ4n) is 1.89. The van der Waals surface area contributed by atoms with E-state index < -0.39 is 19.2 Å². The number of carbonyl (C=O) groups is 1. The molecule has 2 atom stereocenters. The number of hydrogen-bond donors (Lipinski definition) is 0. The van der Waals surface area contributed by atoms with Crippen LogP contribution in [0.25, 0.3) is 0 Å². The fraction of sp³-hybridized carbons (Fsp3) is 0.286. The quantitative estimate of drug-likeness (QED) is 0.471. The predicted octanol–water partition coefficient (Wildman–Crippen LogP) is 4.63. The minimum Gasteiger partial charge on any atom is -0.292 e. The number of Topliss-reactive ketones (excluding diaryl/α,β-unsaturated/α-hetero) is 1. The van der Waals surface area contributed by atoms with Gasteiger partial charge in [0, 0.05) is 0 Å². The molecule has 1 aliphatic carbocycles. The van der Waals surface area contributed by atoms with E-state index >= 15 is 0 Å². The van der Waals surface area contributed by atoms with E-state index in [-0.39, 0.29) is 20.9 Å². The first-order valence-electron chi connectivity index (χ1n) is 6.33. The highest BCUT2D eigenvalue weighted by atomic mass is 79.9. The molecule has 23 heavy (non-hydrogen) atoms. The van der Waals surface area contributed by atoms with Gasteiger partial charge in [-0.15, -0.1) is 0 Å². The molecule has 4 nitrogen and oxygen atoms in total. The normalized spacial score (nSPS) is 27.7. The topological polar surface area (TPSA) is 63.6 Å². The number of aryl methyl sites for hydroxylation is 1. The molecule has 1 aliphatic rings. The number of allylic oxidation sites excluding steroid dienone is 2. The van der Waals surface area contributed by atoms with Gasteiger partial charge in [-0.25, -0.2) is 0 Å². The zero-order valence-corrected chi connectivity index (χ0v) is 19.1. The summed E-state index contributed by atoms with van der Waals surface area (Å²) in [5.74, 6) is -0.210. The highest BCUT2D eigenvalue weighted by molar-refractivity contribution is 9.15. The van der Waals surface area contributed by atoms with Crippen molar-refractivity contribution in [1.82, 2.24) is 0 Å². The van der Waals surface area contributed by atoms with Crippen molar-refractivity contribution in [3.63, 3.8) is 0 Å². The van der Waals surface area contributed by atoms with Crippen molar-refractivity contribution in [3.05, 3.63) is 38.8 Å². The van der Waals surface area contributed by atoms with Crippen molar-refractivity contribution < 1.29 is 13.2 Å². The Labute approximate surface area is 168 Å². The molecule has 1 aromatic carbocycles. The molecule has 0 N–H and O–H groups in total. The zero-order chi connectivity index (χ0) is 17.6. The van der Waals surface area contributed by atoms with E-state index in [2.05, 4.69) is 68.1 Å². The molecule has 0 bridgehead atoms. The standard InChI is InChI=1S/C14H11Br4NO3S/c1-7-3-5-8(6-4-7)23(21,22)19-11-9(15)10(16)13(20)14(2,18)12(11)17/h3-6,12H,1-2H3/b19-11-. The van der Waals surface area contributed by atoms with Crippen LogP contribution in [0.1, 0.15) is 12.5 Å². The third-order valence-electron chi connectivity index (χ3n) is 3.31. The van der Waals surface area contributed by atoms with Gasteiger partial charge in [0.05, 0.1) is 24.4 Å². The minimum atomic E-state index is -3.89. The second kappa shape index (κ2) is 6.82. The molecule has 0 heterocycles. The van der Waals surface area contributed by atoms with Crippen molar-refractivity contribution in [2.24, 2.45) is 4.40 Å². The average molecular weight is 593 g/mol. The smallest absolute Gasteiger partial charge is 0.282 e. The molecule has 2 rings (SSSR count). The Morgan fingerprint density at radius 2 is 1.65 bits per heavy atom.